The summed E-state index contributed by atoms with van der Waals surface area (Å²) >= 11 is -1.79. The van der Waals surface area contributed by atoms with Crippen LogP contribution in [-0.2, 0) is 45.6 Å². The molecule has 211 valence electrons. The van der Waals surface area contributed by atoms with Crippen LogP contribution in [0.15, 0.2) is 48.5 Å². The Balaban J connectivity index is 1.73. The standard InChI is InChI=1S/C17H27O6Si2.C8H7O3.Co.O/c1-14(18)15-7-9-16(10-8-15)17(19)22-11-21-13-25(5,6)23-24(3,4)12-20-2;1-10-11-8(9)7-5-3-2-4-6-7;;/h7-10H,2,11-13H2,1,3-6H3;3-6H,1H3;;. The van der Waals surface area contributed by atoms with Crippen LogP contribution >= 0.6 is 0 Å². The molecule has 2 aromatic rings. The van der Waals surface area contributed by atoms with Gasteiger partial charge in [0.1, 0.15) is 0 Å². The third kappa shape index (κ3) is 10.8. The van der Waals surface area contributed by atoms with Crippen molar-refractivity contribution in [1.29, 1.82) is 0 Å². The number of benzene rings is 2. The van der Waals surface area contributed by atoms with Gasteiger partial charge in [0.15, 0.2) is 5.78 Å². The van der Waals surface area contributed by atoms with Crippen LogP contribution in [0.25, 0.3) is 0 Å². The molecule has 0 heterocycles. The van der Waals surface area contributed by atoms with Crippen molar-refractivity contribution >= 4 is 38.9 Å². The van der Waals surface area contributed by atoms with Crippen LogP contribution in [0.2, 0.25) is 26.2 Å². The van der Waals surface area contributed by atoms with Gasteiger partial charge in [-0.15, -0.1) is 0 Å². The van der Waals surface area contributed by atoms with Crippen LogP contribution in [0.3, 0.4) is 0 Å². The molecule has 0 aliphatic rings. The Labute approximate surface area is 228 Å². The molecule has 0 bridgehead atoms. The summed E-state index contributed by atoms with van der Waals surface area (Å²) in [4.78, 5) is 43.9. The number of Topliss-reactive ketones (excluding diaryl/α,β-unsaturated/α-hetero) is 1. The van der Waals surface area contributed by atoms with E-state index in [1.807, 2.05) is 26.2 Å². The van der Waals surface area contributed by atoms with Gasteiger partial charge in [-0.3, -0.25) is 4.79 Å². The molecule has 0 amide bonds. The van der Waals surface area contributed by atoms with E-state index < -0.39 is 42.2 Å². The van der Waals surface area contributed by atoms with Gasteiger partial charge in [0.25, 0.3) is 0 Å². The Kier molecular flexibility index (Phi) is 12.3. The quantitative estimate of drug-likeness (QED) is 0.0564. The number of carbonyl (C=O) groups excluding carboxylic acids is 3. The number of ether oxygens (including phenoxy) is 3. The van der Waals surface area contributed by atoms with E-state index in [1.54, 1.807) is 24.3 Å². The first-order valence-electron chi connectivity index (χ1n) is 11.6. The molecule has 0 saturated carbocycles. The second-order valence-corrected chi connectivity index (χ2v) is 19.6. The summed E-state index contributed by atoms with van der Waals surface area (Å²) < 4.78 is 36.0. The van der Waals surface area contributed by atoms with Crippen molar-refractivity contribution in [3.63, 3.8) is 0 Å². The SMILES string of the molecule is COOC(=O)c1cc[c]([Co](=[O])[CH2]OC[Si](C)(C)O[Si](C)(C)COCOC(=O)c2ccc(C(C)=O)cc2)cc1. The van der Waals surface area contributed by atoms with Gasteiger partial charge < -0.3 is 0 Å². The van der Waals surface area contributed by atoms with Gasteiger partial charge >= 0.3 is 182 Å². The number of hydrogen-bond donors (Lipinski definition) is 0. The number of rotatable bonds is 15. The van der Waals surface area contributed by atoms with Crippen LogP contribution in [-0.4, -0.2) is 66.3 Å². The van der Waals surface area contributed by atoms with Crippen molar-refractivity contribution in [2.45, 2.75) is 33.1 Å². The Hall–Kier alpha value is -2.37. The molecule has 0 aliphatic carbocycles. The number of esters is 1. The molecule has 38 heavy (non-hydrogen) atoms. The van der Waals surface area contributed by atoms with E-state index in [4.69, 9.17) is 18.3 Å². The molecular formula is C25H34CoO10Si2. The van der Waals surface area contributed by atoms with Crippen molar-refractivity contribution in [3.8, 4) is 0 Å². The fraction of sp³-hybridized carbons (Fsp3) is 0.400. The Morgan fingerprint density at radius 3 is 1.82 bits per heavy atom. The molecule has 10 nitrogen and oxygen atoms in total. The average molecular weight is 610 g/mol. The summed E-state index contributed by atoms with van der Waals surface area (Å²) in [6, 6.07) is 12.4. The first-order chi connectivity index (χ1) is 17.8. The van der Waals surface area contributed by atoms with E-state index in [9.17, 15) is 18.2 Å². The molecule has 2 rings (SSSR count). The van der Waals surface area contributed by atoms with Crippen LogP contribution in [0.5, 0.6) is 0 Å². The third-order valence-corrected chi connectivity index (χ3v) is 12.6. The van der Waals surface area contributed by atoms with Gasteiger partial charge in [0, 0.05) is 5.56 Å². The summed E-state index contributed by atoms with van der Waals surface area (Å²) in [6.45, 7) is 9.26. The van der Waals surface area contributed by atoms with Gasteiger partial charge in [-0.2, -0.15) is 0 Å². The summed E-state index contributed by atoms with van der Waals surface area (Å²) in [5.41, 5.74) is 1.16. The molecular weight excluding hydrogens is 575 g/mol. The van der Waals surface area contributed by atoms with Crippen LogP contribution in [0.1, 0.15) is 38.0 Å². The van der Waals surface area contributed by atoms with E-state index in [2.05, 4.69) is 9.78 Å². The van der Waals surface area contributed by atoms with E-state index >= 15 is 0 Å². The van der Waals surface area contributed by atoms with Crippen molar-refractivity contribution in [2.75, 3.05) is 31.9 Å². The fourth-order valence-corrected chi connectivity index (χ4v) is 12.2. The topological polar surface area (TPSA) is 124 Å². The maximum absolute atomic E-state index is 12.6. The summed E-state index contributed by atoms with van der Waals surface area (Å²) in [5.74, 6) is -1.25. The van der Waals surface area contributed by atoms with E-state index in [0.29, 0.717) is 28.1 Å². The zero-order chi connectivity index (χ0) is 28.3. The number of hydrogen-bond acceptors (Lipinski definition) is 10. The predicted molar refractivity (Wildman–Crippen MR) is 139 cm³/mol. The predicted octanol–water partition coefficient (Wildman–Crippen LogP) is 3.51. The molecule has 0 unspecified atom stereocenters. The number of ketones is 1. The van der Waals surface area contributed by atoms with Crippen LogP contribution in [0.4, 0.5) is 0 Å². The molecule has 0 fully saturated rings. The monoisotopic (exact) mass is 609 g/mol. The van der Waals surface area contributed by atoms with E-state index in [-0.39, 0.29) is 23.7 Å². The number of carbonyl (C=O) groups is 3. The Morgan fingerprint density at radius 2 is 1.26 bits per heavy atom. The molecule has 0 spiro atoms. The van der Waals surface area contributed by atoms with Gasteiger partial charge in [-0.1, -0.05) is 12.1 Å². The summed E-state index contributed by atoms with van der Waals surface area (Å²) in [7, 11) is -3.30. The zero-order valence-corrected chi connectivity index (χ0v) is 25.4. The molecule has 13 heteroatoms. The fourth-order valence-electron chi connectivity index (χ4n) is 3.34. The average Bonchev–Trinajstić information content (AvgIpc) is 2.86. The summed E-state index contributed by atoms with van der Waals surface area (Å²) in [6.07, 6.45) is 0.652. The molecule has 2 aromatic carbocycles. The van der Waals surface area contributed by atoms with Gasteiger partial charge in [0.05, 0.1) is 0 Å². The minimum absolute atomic E-state index is 0.0243. The van der Waals surface area contributed by atoms with Crippen molar-refractivity contribution in [3.05, 3.63) is 65.2 Å². The normalized spacial score (nSPS) is 12.1. The Morgan fingerprint density at radius 1 is 0.763 bits per heavy atom. The van der Waals surface area contributed by atoms with Gasteiger partial charge in [-0.05, 0) is 19.1 Å². The molecule has 0 radical (unpaired) electrons. The minimum atomic E-state index is -2.27. The van der Waals surface area contributed by atoms with E-state index in [1.165, 1.54) is 38.3 Å². The van der Waals surface area contributed by atoms with E-state index in [0.717, 1.165) is 0 Å². The van der Waals surface area contributed by atoms with Crippen LogP contribution in [0, 0.1) is 0 Å². The van der Waals surface area contributed by atoms with Gasteiger partial charge in [0.2, 0.25) is 0 Å². The molecule has 0 saturated heterocycles. The second kappa shape index (κ2) is 14.7. The third-order valence-electron chi connectivity index (χ3n) is 4.85. The maximum atomic E-state index is 12.6. The summed E-state index contributed by atoms with van der Waals surface area (Å²) in [5, 5.41) is 0. The molecule has 0 N–H and O–H groups in total. The van der Waals surface area contributed by atoms with Crippen molar-refractivity contribution < 1.29 is 59.9 Å². The van der Waals surface area contributed by atoms with Gasteiger partial charge in [-0.25, -0.2) is 0 Å². The zero-order valence-electron chi connectivity index (χ0n) is 22.4. The first-order valence-corrected chi connectivity index (χ1v) is 19.5. The first kappa shape index (κ1) is 31.8. The van der Waals surface area contributed by atoms with Crippen LogP contribution < -0.4 is 4.50 Å². The van der Waals surface area contributed by atoms with Crippen molar-refractivity contribution in [2.24, 2.45) is 0 Å². The molecule has 0 aromatic heterocycles. The van der Waals surface area contributed by atoms with Crippen molar-refractivity contribution in [1.82, 2.24) is 0 Å². The molecule has 0 atom stereocenters. The Bertz CT molecular complexity index is 1120. The second-order valence-electron chi connectivity index (χ2n) is 9.40. The molecule has 0 aliphatic heterocycles.